The number of carbonyl (C=O) groups is 2. The van der Waals surface area contributed by atoms with E-state index in [1.807, 2.05) is 31.2 Å². The van der Waals surface area contributed by atoms with E-state index in [1.165, 1.54) is 6.08 Å². The third-order valence-electron chi connectivity index (χ3n) is 2.70. The van der Waals surface area contributed by atoms with E-state index in [0.29, 0.717) is 5.71 Å². The minimum atomic E-state index is -0.426. The first-order valence-electron chi connectivity index (χ1n) is 5.46. The number of aryl methyl sites for hydroxylation is 1. The molecule has 0 aromatic heterocycles. The average Bonchev–Trinajstić information content (AvgIpc) is 2.29. The molecule has 0 unspecified atom stereocenters. The van der Waals surface area contributed by atoms with Crippen LogP contribution in [0.5, 0.6) is 0 Å². The van der Waals surface area contributed by atoms with Crippen LogP contribution in [0.1, 0.15) is 18.9 Å². The second-order valence-electron chi connectivity index (χ2n) is 4.19. The van der Waals surface area contributed by atoms with E-state index in [1.54, 1.807) is 6.92 Å². The Labute approximate surface area is 99.9 Å². The number of carbonyl (C=O) groups excluding carboxylic acids is 2. The van der Waals surface area contributed by atoms with Crippen LogP contribution in [-0.2, 0) is 9.59 Å². The van der Waals surface area contributed by atoms with E-state index < -0.39 is 5.78 Å². The van der Waals surface area contributed by atoms with E-state index in [9.17, 15) is 9.59 Å². The van der Waals surface area contributed by atoms with E-state index in [0.717, 1.165) is 16.8 Å². The standard InChI is InChI=1S/C14H13NO2/c1-9-3-5-11(6-4-9)15-12-8-14(17)13(16)7-10(12)2/h3-7H,8H2,1-2H3. The molecule has 0 saturated carbocycles. The van der Waals surface area contributed by atoms with Crippen LogP contribution in [0.15, 0.2) is 40.9 Å². The summed E-state index contributed by atoms with van der Waals surface area (Å²) >= 11 is 0. The lowest BCUT2D eigenvalue weighted by molar-refractivity contribution is -0.133. The molecule has 1 aliphatic rings. The number of nitrogens with zero attached hydrogens (tertiary/aromatic N) is 1. The molecule has 0 spiro atoms. The molecule has 0 aliphatic heterocycles. The molecule has 0 saturated heterocycles. The van der Waals surface area contributed by atoms with Gasteiger partial charge in [0.25, 0.3) is 0 Å². The predicted molar refractivity (Wildman–Crippen MR) is 66.7 cm³/mol. The highest BCUT2D eigenvalue weighted by atomic mass is 16.2. The molecule has 0 radical (unpaired) electrons. The minimum absolute atomic E-state index is 0.106. The van der Waals surface area contributed by atoms with Crippen LogP contribution in [0.3, 0.4) is 0 Å². The number of ketones is 2. The van der Waals surface area contributed by atoms with Crippen molar-refractivity contribution in [3.63, 3.8) is 0 Å². The van der Waals surface area contributed by atoms with Crippen molar-refractivity contribution in [2.75, 3.05) is 0 Å². The summed E-state index contributed by atoms with van der Waals surface area (Å²) in [5.41, 5.74) is 3.42. The van der Waals surface area contributed by atoms with Crippen LogP contribution in [0, 0.1) is 6.92 Å². The molecule has 3 heteroatoms. The molecule has 0 heterocycles. The molecule has 3 nitrogen and oxygen atoms in total. The van der Waals surface area contributed by atoms with Gasteiger partial charge in [0, 0.05) is 0 Å². The maximum Gasteiger partial charge on any atom is 0.222 e. The third-order valence-corrected chi connectivity index (χ3v) is 2.70. The maximum atomic E-state index is 11.3. The first-order valence-corrected chi connectivity index (χ1v) is 5.46. The summed E-state index contributed by atoms with van der Waals surface area (Å²) < 4.78 is 0. The van der Waals surface area contributed by atoms with Gasteiger partial charge in [-0.1, -0.05) is 17.7 Å². The normalized spacial score (nSPS) is 18.5. The smallest absolute Gasteiger partial charge is 0.222 e. The van der Waals surface area contributed by atoms with E-state index >= 15 is 0 Å². The van der Waals surface area contributed by atoms with Crippen LogP contribution in [0.25, 0.3) is 0 Å². The zero-order valence-corrected chi connectivity index (χ0v) is 9.86. The lowest BCUT2D eigenvalue weighted by Gasteiger charge is -2.10. The molecule has 86 valence electrons. The van der Waals surface area contributed by atoms with Crippen molar-refractivity contribution >= 4 is 23.0 Å². The van der Waals surface area contributed by atoms with E-state index in [2.05, 4.69) is 4.99 Å². The van der Waals surface area contributed by atoms with Gasteiger partial charge < -0.3 is 0 Å². The van der Waals surface area contributed by atoms with E-state index in [-0.39, 0.29) is 12.2 Å². The Hall–Kier alpha value is -2.03. The van der Waals surface area contributed by atoms with Crippen LogP contribution in [0.2, 0.25) is 0 Å². The van der Waals surface area contributed by atoms with Crippen molar-refractivity contribution in [1.29, 1.82) is 0 Å². The van der Waals surface area contributed by atoms with E-state index in [4.69, 9.17) is 0 Å². The highest BCUT2D eigenvalue weighted by Gasteiger charge is 2.21. The molecular weight excluding hydrogens is 214 g/mol. The monoisotopic (exact) mass is 227 g/mol. The van der Waals surface area contributed by atoms with Crippen LogP contribution < -0.4 is 0 Å². The lowest BCUT2D eigenvalue weighted by atomic mass is 9.96. The molecule has 17 heavy (non-hydrogen) atoms. The Morgan fingerprint density at radius 2 is 1.71 bits per heavy atom. The van der Waals surface area contributed by atoms with Gasteiger partial charge in [0.1, 0.15) is 0 Å². The molecular formula is C14H13NO2. The SMILES string of the molecule is CC1=CC(=O)C(=O)CC1=Nc1ccc(C)cc1. The van der Waals surface area contributed by atoms with Gasteiger partial charge in [-0.3, -0.25) is 14.6 Å². The highest BCUT2D eigenvalue weighted by Crippen LogP contribution is 2.18. The quantitative estimate of drug-likeness (QED) is 0.692. The van der Waals surface area contributed by atoms with Crippen LogP contribution >= 0.6 is 0 Å². The van der Waals surface area contributed by atoms with Gasteiger partial charge in [-0.05, 0) is 37.6 Å². The summed E-state index contributed by atoms with van der Waals surface area (Å²) in [6, 6.07) is 7.73. The molecule has 1 aromatic rings. The van der Waals surface area contributed by atoms with Gasteiger partial charge in [0.15, 0.2) is 0 Å². The van der Waals surface area contributed by atoms with Gasteiger partial charge in [-0.2, -0.15) is 0 Å². The molecule has 0 atom stereocenters. The molecule has 0 bridgehead atoms. The van der Waals surface area contributed by atoms with Crippen molar-refractivity contribution in [2.45, 2.75) is 20.3 Å². The summed E-state index contributed by atoms with van der Waals surface area (Å²) in [4.78, 5) is 26.9. The molecule has 1 aliphatic carbocycles. The van der Waals surface area contributed by atoms with Gasteiger partial charge in [0.2, 0.25) is 11.6 Å². The van der Waals surface area contributed by atoms with Gasteiger partial charge in [-0.25, -0.2) is 0 Å². The van der Waals surface area contributed by atoms with Gasteiger partial charge >= 0.3 is 0 Å². The highest BCUT2D eigenvalue weighted by molar-refractivity contribution is 6.48. The molecule has 1 aromatic carbocycles. The number of Topliss-reactive ketones (excluding diaryl/α,β-unsaturated/α-hetero) is 1. The second-order valence-corrected chi connectivity index (χ2v) is 4.19. The molecule has 0 fully saturated rings. The molecule has 0 N–H and O–H groups in total. The second kappa shape index (κ2) is 4.45. The fourth-order valence-electron chi connectivity index (χ4n) is 1.64. The lowest BCUT2D eigenvalue weighted by Crippen LogP contribution is -2.22. The Kier molecular flexibility index (Phi) is 3.00. The Balaban J connectivity index is 2.34. The van der Waals surface area contributed by atoms with Crippen molar-refractivity contribution in [3.05, 3.63) is 41.5 Å². The topological polar surface area (TPSA) is 46.5 Å². The summed E-state index contributed by atoms with van der Waals surface area (Å²) in [5, 5.41) is 0. The van der Waals surface area contributed by atoms with Gasteiger partial charge in [0.05, 0.1) is 17.8 Å². The first-order chi connectivity index (χ1) is 8.06. The van der Waals surface area contributed by atoms with Gasteiger partial charge in [-0.15, -0.1) is 0 Å². The largest absolute Gasteiger partial charge is 0.290 e. The Morgan fingerprint density at radius 1 is 1.06 bits per heavy atom. The molecule has 0 amide bonds. The summed E-state index contributed by atoms with van der Waals surface area (Å²) in [7, 11) is 0. The van der Waals surface area contributed by atoms with Crippen molar-refractivity contribution in [3.8, 4) is 0 Å². The van der Waals surface area contributed by atoms with Crippen molar-refractivity contribution in [2.24, 2.45) is 4.99 Å². The number of hydrogen-bond donors (Lipinski definition) is 0. The number of benzene rings is 1. The number of rotatable bonds is 1. The number of hydrogen-bond acceptors (Lipinski definition) is 3. The number of aliphatic imine (C=N–C) groups is 1. The fourth-order valence-corrected chi connectivity index (χ4v) is 1.64. The van der Waals surface area contributed by atoms with Crippen LogP contribution in [-0.4, -0.2) is 17.3 Å². The third kappa shape index (κ3) is 2.56. The minimum Gasteiger partial charge on any atom is -0.290 e. The Morgan fingerprint density at radius 3 is 2.35 bits per heavy atom. The fraction of sp³-hybridized carbons (Fsp3) is 0.214. The molecule has 2 rings (SSSR count). The van der Waals surface area contributed by atoms with Crippen molar-refractivity contribution < 1.29 is 9.59 Å². The number of allylic oxidation sites excluding steroid dienone is 2. The van der Waals surface area contributed by atoms with Crippen LogP contribution in [0.4, 0.5) is 5.69 Å². The zero-order valence-electron chi connectivity index (χ0n) is 9.86. The maximum absolute atomic E-state index is 11.3. The Bertz CT molecular complexity index is 536. The summed E-state index contributed by atoms with van der Waals surface area (Å²) in [5.74, 6) is -0.813. The summed E-state index contributed by atoms with van der Waals surface area (Å²) in [6.07, 6.45) is 1.47. The van der Waals surface area contributed by atoms with Crippen molar-refractivity contribution in [1.82, 2.24) is 0 Å². The summed E-state index contributed by atoms with van der Waals surface area (Å²) in [6.45, 7) is 3.81. The predicted octanol–water partition coefficient (Wildman–Crippen LogP) is 2.56. The zero-order chi connectivity index (χ0) is 12.4. The first kappa shape index (κ1) is 11.5. The average molecular weight is 227 g/mol.